The van der Waals surface area contributed by atoms with Gasteiger partial charge in [-0.05, 0) is 115 Å². The molecule has 3 aliphatic rings. The number of hydrogen-bond acceptors (Lipinski definition) is 3. The van der Waals surface area contributed by atoms with E-state index in [-0.39, 0.29) is 6.04 Å². The first-order chi connectivity index (χ1) is 27.1. The summed E-state index contributed by atoms with van der Waals surface area (Å²) in [4.78, 5) is 5.37. The molecule has 4 heteroatoms. The van der Waals surface area contributed by atoms with Gasteiger partial charge in [0.2, 0.25) is 0 Å². The standard InChI is InChI=1S/C51H41N3O/c1-31(32-11-3-2-4-12-32)53-47(34-21-24-40-39-26-25-38(39)36-13-5-6-14-37(36)45(40)29-34)30-46(52)33-19-22-35(23-20-33)54-48-17-9-7-15-41(48)43-27-28-44-42-16-8-10-18-49(42)55-51(44)50(43)54/h2-4,6-12,14-24,27-31,38-39H,5,13,25-26,52H2,1H3/b46-30-,53-47?. The molecule has 1 saturated carbocycles. The minimum Gasteiger partial charge on any atom is -0.454 e. The molecule has 8 aromatic rings. The summed E-state index contributed by atoms with van der Waals surface area (Å²) in [6.07, 6.45) is 11.7. The molecule has 4 nitrogen and oxygen atoms in total. The molecule has 0 spiro atoms. The number of hydrogen-bond donors (Lipinski definition) is 1. The Morgan fingerprint density at radius 1 is 0.764 bits per heavy atom. The molecule has 0 amide bonds. The number of para-hydroxylation sites is 2. The number of nitrogens with two attached hydrogens (primary N) is 1. The van der Waals surface area contributed by atoms with Crippen molar-refractivity contribution < 1.29 is 4.42 Å². The lowest BCUT2D eigenvalue weighted by Gasteiger charge is -2.45. The molecule has 0 aliphatic heterocycles. The van der Waals surface area contributed by atoms with E-state index in [4.69, 9.17) is 15.1 Å². The average Bonchev–Trinajstić information content (AvgIpc) is 3.77. The van der Waals surface area contributed by atoms with E-state index >= 15 is 0 Å². The molecule has 1 fully saturated rings. The monoisotopic (exact) mass is 711 g/mol. The molecule has 11 rings (SSSR count). The van der Waals surface area contributed by atoms with Gasteiger partial charge < -0.3 is 14.7 Å². The Bertz CT molecular complexity index is 2950. The summed E-state index contributed by atoms with van der Waals surface area (Å²) in [6, 6.07) is 47.4. The van der Waals surface area contributed by atoms with Crippen molar-refractivity contribution in [1.29, 1.82) is 0 Å². The number of aliphatic imine (C=N–C) groups is 1. The van der Waals surface area contributed by atoms with E-state index in [1.165, 1.54) is 52.3 Å². The van der Waals surface area contributed by atoms with E-state index in [9.17, 15) is 0 Å². The maximum absolute atomic E-state index is 7.05. The first-order valence-corrected chi connectivity index (χ1v) is 19.7. The van der Waals surface area contributed by atoms with Crippen LogP contribution >= 0.6 is 0 Å². The molecule has 2 N–H and O–H groups in total. The summed E-state index contributed by atoms with van der Waals surface area (Å²) in [7, 11) is 0. The molecule has 3 atom stereocenters. The van der Waals surface area contributed by atoms with Crippen LogP contribution in [0.5, 0.6) is 0 Å². The zero-order valence-electron chi connectivity index (χ0n) is 30.9. The maximum Gasteiger partial charge on any atom is 0.160 e. The summed E-state index contributed by atoms with van der Waals surface area (Å²) in [6.45, 7) is 2.17. The number of aromatic nitrogens is 1. The van der Waals surface area contributed by atoms with Gasteiger partial charge in [0.1, 0.15) is 5.58 Å². The number of furan rings is 1. The normalized spacial score (nSPS) is 18.8. The predicted molar refractivity (Wildman–Crippen MR) is 229 cm³/mol. The second kappa shape index (κ2) is 12.6. The van der Waals surface area contributed by atoms with Gasteiger partial charge in [0, 0.05) is 38.5 Å². The fraction of sp³-hybridized carbons (Fsp3) is 0.157. The third kappa shape index (κ3) is 5.08. The minimum atomic E-state index is -0.0376. The minimum absolute atomic E-state index is 0.0376. The topological polar surface area (TPSA) is 56.4 Å². The molecule has 3 aliphatic carbocycles. The van der Waals surface area contributed by atoms with Gasteiger partial charge in [-0.1, -0.05) is 115 Å². The van der Waals surface area contributed by atoms with Crippen molar-refractivity contribution in [3.63, 3.8) is 0 Å². The van der Waals surface area contributed by atoms with Crippen molar-refractivity contribution in [3.8, 4) is 5.69 Å². The van der Waals surface area contributed by atoms with Crippen LogP contribution < -0.4 is 5.73 Å². The lowest BCUT2D eigenvalue weighted by molar-refractivity contribution is 0.289. The highest BCUT2D eigenvalue weighted by molar-refractivity contribution is 6.21. The van der Waals surface area contributed by atoms with E-state index in [0.29, 0.717) is 11.6 Å². The summed E-state index contributed by atoms with van der Waals surface area (Å²) < 4.78 is 8.91. The Balaban J connectivity index is 1.02. The summed E-state index contributed by atoms with van der Waals surface area (Å²) in [5.74, 6) is 1.37. The Kier molecular flexibility index (Phi) is 7.35. The van der Waals surface area contributed by atoms with Crippen LogP contribution in [0.25, 0.3) is 60.7 Å². The van der Waals surface area contributed by atoms with Crippen molar-refractivity contribution >= 4 is 60.7 Å². The van der Waals surface area contributed by atoms with Crippen molar-refractivity contribution in [1.82, 2.24) is 4.57 Å². The SMILES string of the molecule is CC(N=C(/C=C(\N)c1ccc(-n2c3ccccc3c3ccc4c5ccccc5oc4c32)cc1)c1ccc2c(c1)C1=C(CCC=C1)C1CCC21)c1ccccc1. The zero-order chi connectivity index (χ0) is 36.6. The first-order valence-electron chi connectivity index (χ1n) is 19.7. The highest BCUT2D eigenvalue weighted by Gasteiger charge is 2.41. The van der Waals surface area contributed by atoms with E-state index in [1.54, 1.807) is 5.57 Å². The molecule has 0 radical (unpaired) electrons. The number of rotatable bonds is 6. The number of fused-ring (bicyclic) bond motifs is 12. The maximum atomic E-state index is 7.05. The van der Waals surface area contributed by atoms with E-state index < -0.39 is 0 Å². The Morgan fingerprint density at radius 3 is 2.35 bits per heavy atom. The van der Waals surface area contributed by atoms with Crippen LogP contribution in [0, 0.1) is 5.92 Å². The van der Waals surface area contributed by atoms with Crippen molar-refractivity contribution in [3.05, 3.63) is 185 Å². The van der Waals surface area contributed by atoms with Gasteiger partial charge in [0.25, 0.3) is 0 Å². The van der Waals surface area contributed by atoms with Gasteiger partial charge >= 0.3 is 0 Å². The molecule has 0 bridgehead atoms. The molecule has 266 valence electrons. The van der Waals surface area contributed by atoms with E-state index in [2.05, 4.69) is 151 Å². The van der Waals surface area contributed by atoms with Crippen molar-refractivity contribution in [2.75, 3.05) is 0 Å². The third-order valence-electron chi connectivity index (χ3n) is 12.5. The van der Waals surface area contributed by atoms with Gasteiger partial charge in [-0.3, -0.25) is 4.99 Å². The van der Waals surface area contributed by atoms with Crippen LogP contribution in [0.15, 0.2) is 167 Å². The largest absolute Gasteiger partial charge is 0.454 e. The van der Waals surface area contributed by atoms with Gasteiger partial charge in [0.15, 0.2) is 5.58 Å². The quantitative estimate of drug-likeness (QED) is 0.175. The summed E-state index contributed by atoms with van der Waals surface area (Å²) in [5.41, 5.74) is 22.9. The highest BCUT2D eigenvalue weighted by atomic mass is 16.3. The zero-order valence-corrected chi connectivity index (χ0v) is 30.9. The molecule has 2 aromatic heterocycles. The predicted octanol–water partition coefficient (Wildman–Crippen LogP) is 12.8. The second-order valence-electron chi connectivity index (χ2n) is 15.5. The van der Waals surface area contributed by atoms with Crippen LogP contribution in [0.4, 0.5) is 0 Å². The van der Waals surface area contributed by atoms with Crippen LogP contribution in [-0.4, -0.2) is 10.3 Å². The molecular weight excluding hydrogens is 671 g/mol. The van der Waals surface area contributed by atoms with Crippen LogP contribution in [0.1, 0.15) is 72.4 Å². The molecule has 3 unspecified atom stereocenters. The Labute approximate surface area is 320 Å². The first kappa shape index (κ1) is 32.1. The fourth-order valence-electron chi connectivity index (χ4n) is 9.63. The van der Waals surface area contributed by atoms with Gasteiger partial charge in [-0.2, -0.15) is 0 Å². The van der Waals surface area contributed by atoms with Crippen molar-refractivity contribution in [2.45, 2.75) is 44.6 Å². The molecule has 55 heavy (non-hydrogen) atoms. The average molecular weight is 712 g/mol. The van der Waals surface area contributed by atoms with Gasteiger partial charge in [-0.15, -0.1) is 0 Å². The fourth-order valence-corrected chi connectivity index (χ4v) is 9.63. The number of allylic oxidation sites excluding steroid dienone is 5. The third-order valence-corrected chi connectivity index (χ3v) is 12.5. The lowest BCUT2D eigenvalue weighted by atomic mass is 9.59. The number of benzene rings is 6. The Hall–Kier alpha value is -6.39. The van der Waals surface area contributed by atoms with Crippen LogP contribution in [0.3, 0.4) is 0 Å². The Morgan fingerprint density at radius 2 is 1.51 bits per heavy atom. The van der Waals surface area contributed by atoms with E-state index in [0.717, 1.165) is 67.8 Å². The molecule has 6 aromatic carbocycles. The highest BCUT2D eigenvalue weighted by Crippen LogP contribution is 2.56. The van der Waals surface area contributed by atoms with E-state index in [1.807, 2.05) is 12.1 Å². The summed E-state index contributed by atoms with van der Waals surface area (Å²) >= 11 is 0. The van der Waals surface area contributed by atoms with Crippen LogP contribution in [0.2, 0.25) is 0 Å². The lowest BCUT2D eigenvalue weighted by Crippen LogP contribution is -2.31. The smallest absolute Gasteiger partial charge is 0.160 e. The molecular formula is C51H41N3O. The van der Waals surface area contributed by atoms with Gasteiger partial charge in [0.05, 0.1) is 22.8 Å². The van der Waals surface area contributed by atoms with Gasteiger partial charge in [-0.25, -0.2) is 0 Å². The number of nitrogens with zero attached hydrogens (tertiary/aromatic N) is 2. The summed E-state index contributed by atoms with van der Waals surface area (Å²) in [5, 5.41) is 4.61. The molecule has 0 saturated heterocycles. The van der Waals surface area contributed by atoms with Crippen molar-refractivity contribution in [2.24, 2.45) is 16.6 Å². The molecule has 2 heterocycles. The van der Waals surface area contributed by atoms with Crippen LogP contribution in [-0.2, 0) is 0 Å². The second-order valence-corrected chi connectivity index (χ2v) is 15.5.